The molecule has 2 bridgehead atoms. The second-order valence-corrected chi connectivity index (χ2v) is 7.47. The van der Waals surface area contributed by atoms with Gasteiger partial charge in [-0.05, 0) is 36.3 Å². The lowest BCUT2D eigenvalue weighted by molar-refractivity contribution is 0.164. The summed E-state index contributed by atoms with van der Waals surface area (Å²) in [5.74, 6) is 1.15. The Balaban J connectivity index is 1.98. The van der Waals surface area contributed by atoms with Crippen LogP contribution in [-0.4, -0.2) is 5.54 Å². The molecule has 1 heterocycles. The minimum absolute atomic E-state index is 0.0392. The normalized spacial score (nSPS) is 42.8. The predicted octanol–water partition coefficient (Wildman–Crippen LogP) is 5.30. The van der Waals surface area contributed by atoms with Gasteiger partial charge in [0.15, 0.2) is 0 Å². The fraction of sp³-hybridized carbons (Fsp3) is 0.556. The van der Waals surface area contributed by atoms with Crippen molar-refractivity contribution in [2.75, 3.05) is 0 Å². The predicted molar refractivity (Wildman–Crippen MR) is 85.3 cm³/mol. The van der Waals surface area contributed by atoms with Gasteiger partial charge in [-0.15, -0.1) is 0 Å². The summed E-state index contributed by atoms with van der Waals surface area (Å²) in [6.45, 7) is 4.66. The van der Waals surface area contributed by atoms with Crippen molar-refractivity contribution in [3.8, 4) is 0 Å². The van der Waals surface area contributed by atoms with Crippen LogP contribution in [0.2, 0.25) is 0 Å². The molecule has 0 N–H and O–H groups in total. The van der Waals surface area contributed by atoms with Crippen LogP contribution in [0.3, 0.4) is 0 Å². The van der Waals surface area contributed by atoms with E-state index < -0.39 is 0 Å². The second kappa shape index (κ2) is 4.19. The van der Waals surface area contributed by atoms with Gasteiger partial charge in [-0.2, -0.15) is 10.2 Å². The van der Waals surface area contributed by atoms with E-state index in [4.69, 9.17) is 21.8 Å². The quantitative estimate of drug-likeness (QED) is 0.708. The SMILES string of the molecule is CC1(C)[C@@]2(/C=C\Cl)N=N[C@]1(c1ccccc1)[C@@H]1CCC[C@@H]12. The molecule has 2 aliphatic carbocycles. The zero-order chi connectivity index (χ0) is 14.7. The molecule has 0 unspecified atom stereocenters. The van der Waals surface area contributed by atoms with Crippen LogP contribution < -0.4 is 0 Å². The molecule has 0 saturated heterocycles. The summed E-state index contributed by atoms with van der Waals surface area (Å²) in [5, 5.41) is 9.73. The van der Waals surface area contributed by atoms with Crippen LogP contribution in [0, 0.1) is 17.3 Å². The summed E-state index contributed by atoms with van der Waals surface area (Å²) < 4.78 is 0. The molecule has 0 radical (unpaired) electrons. The summed E-state index contributed by atoms with van der Waals surface area (Å²) in [6.07, 6.45) is 5.88. The zero-order valence-electron chi connectivity index (χ0n) is 12.6. The first-order chi connectivity index (χ1) is 10.1. The Kier molecular flexibility index (Phi) is 2.70. The van der Waals surface area contributed by atoms with E-state index in [1.54, 1.807) is 5.54 Å². The van der Waals surface area contributed by atoms with E-state index in [0.717, 1.165) is 0 Å². The molecule has 0 amide bonds. The average molecular weight is 301 g/mol. The van der Waals surface area contributed by atoms with Gasteiger partial charge in [0.2, 0.25) is 0 Å². The van der Waals surface area contributed by atoms with Crippen molar-refractivity contribution in [3.05, 3.63) is 47.5 Å². The fourth-order valence-electron chi connectivity index (χ4n) is 5.57. The molecule has 110 valence electrons. The molecule has 2 nitrogen and oxygen atoms in total. The standard InChI is InChI=1S/C18H21ClN2/c1-16(2)17(11-12-19)14-9-6-10-15(14)18(16,21-20-17)13-7-4-3-5-8-13/h3-5,7-8,11-12,14-15H,6,9-10H2,1-2H3/b12-11-/t14-,15+,17-,18+/m0/s1. The molecule has 2 fully saturated rings. The van der Waals surface area contributed by atoms with Crippen LogP contribution in [0.25, 0.3) is 0 Å². The summed E-state index contributed by atoms with van der Waals surface area (Å²) >= 11 is 6.00. The largest absolute Gasteiger partial charge is 0.181 e. The van der Waals surface area contributed by atoms with Crippen molar-refractivity contribution in [1.82, 2.24) is 0 Å². The Hall–Kier alpha value is -1.15. The molecular weight excluding hydrogens is 280 g/mol. The van der Waals surface area contributed by atoms with E-state index in [0.29, 0.717) is 11.8 Å². The monoisotopic (exact) mass is 300 g/mol. The van der Waals surface area contributed by atoms with Crippen LogP contribution in [0.4, 0.5) is 0 Å². The van der Waals surface area contributed by atoms with Crippen LogP contribution in [0.5, 0.6) is 0 Å². The lowest BCUT2D eigenvalue weighted by Gasteiger charge is -2.40. The first-order valence-corrected chi connectivity index (χ1v) is 8.31. The van der Waals surface area contributed by atoms with Gasteiger partial charge in [-0.1, -0.05) is 62.2 Å². The van der Waals surface area contributed by atoms with Gasteiger partial charge >= 0.3 is 0 Å². The van der Waals surface area contributed by atoms with E-state index in [-0.39, 0.29) is 16.5 Å². The Labute approximate surface area is 131 Å². The minimum Gasteiger partial charge on any atom is -0.181 e. The van der Waals surface area contributed by atoms with Crippen molar-refractivity contribution >= 4 is 11.6 Å². The van der Waals surface area contributed by atoms with E-state index >= 15 is 0 Å². The first kappa shape index (κ1) is 13.5. The molecule has 1 aromatic rings. The summed E-state index contributed by atoms with van der Waals surface area (Å²) in [6, 6.07) is 10.8. The van der Waals surface area contributed by atoms with Gasteiger partial charge in [0, 0.05) is 11.0 Å². The van der Waals surface area contributed by atoms with Crippen molar-refractivity contribution in [2.24, 2.45) is 27.5 Å². The number of rotatable bonds is 2. The Morgan fingerprint density at radius 3 is 2.52 bits per heavy atom. The number of hydrogen-bond donors (Lipinski definition) is 0. The third-order valence-electron chi connectivity index (χ3n) is 6.48. The molecule has 2 saturated carbocycles. The van der Waals surface area contributed by atoms with Crippen LogP contribution in [-0.2, 0) is 5.54 Å². The van der Waals surface area contributed by atoms with E-state index in [1.807, 2.05) is 0 Å². The van der Waals surface area contributed by atoms with Crippen molar-refractivity contribution < 1.29 is 0 Å². The number of hydrogen-bond acceptors (Lipinski definition) is 2. The maximum atomic E-state index is 6.00. The second-order valence-electron chi connectivity index (χ2n) is 7.22. The number of halogens is 1. The van der Waals surface area contributed by atoms with Gasteiger partial charge in [-0.3, -0.25) is 0 Å². The summed E-state index contributed by atoms with van der Waals surface area (Å²) in [4.78, 5) is 0. The topological polar surface area (TPSA) is 24.7 Å². The highest BCUT2D eigenvalue weighted by Crippen LogP contribution is 2.74. The third kappa shape index (κ3) is 1.31. The lowest BCUT2D eigenvalue weighted by atomic mass is 9.63. The fourth-order valence-corrected chi connectivity index (χ4v) is 5.76. The van der Waals surface area contributed by atoms with Gasteiger partial charge in [0.25, 0.3) is 0 Å². The molecule has 1 aliphatic heterocycles. The maximum Gasteiger partial charge on any atom is 0.117 e. The Bertz CT molecular complexity index is 621. The lowest BCUT2D eigenvalue weighted by Crippen LogP contribution is -2.45. The minimum atomic E-state index is -0.230. The maximum absolute atomic E-state index is 6.00. The smallest absolute Gasteiger partial charge is 0.117 e. The molecule has 0 aromatic heterocycles. The van der Waals surface area contributed by atoms with Crippen molar-refractivity contribution in [3.63, 3.8) is 0 Å². The summed E-state index contributed by atoms with van der Waals surface area (Å²) in [5.41, 5.74) is 2.51. The molecule has 3 heteroatoms. The van der Waals surface area contributed by atoms with E-state index in [1.165, 1.54) is 24.8 Å². The molecule has 0 spiro atoms. The highest BCUT2D eigenvalue weighted by Gasteiger charge is 2.76. The van der Waals surface area contributed by atoms with E-state index in [9.17, 15) is 0 Å². The number of benzene rings is 1. The van der Waals surface area contributed by atoms with Gasteiger partial charge < -0.3 is 0 Å². The average Bonchev–Trinajstić information content (AvgIpc) is 3.09. The zero-order valence-corrected chi connectivity index (χ0v) is 13.3. The number of azo groups is 1. The summed E-state index contributed by atoms with van der Waals surface area (Å²) in [7, 11) is 0. The third-order valence-corrected chi connectivity index (χ3v) is 6.60. The van der Waals surface area contributed by atoms with Gasteiger partial charge in [0.1, 0.15) is 11.1 Å². The molecule has 1 aromatic carbocycles. The highest BCUT2D eigenvalue weighted by molar-refractivity contribution is 6.25. The molecule has 3 aliphatic rings. The van der Waals surface area contributed by atoms with Crippen LogP contribution in [0.15, 0.2) is 52.2 Å². The van der Waals surface area contributed by atoms with Crippen LogP contribution >= 0.6 is 11.6 Å². The van der Waals surface area contributed by atoms with Crippen LogP contribution in [0.1, 0.15) is 38.7 Å². The van der Waals surface area contributed by atoms with Crippen molar-refractivity contribution in [2.45, 2.75) is 44.2 Å². The molecular formula is C18H21ClN2. The van der Waals surface area contributed by atoms with Gasteiger partial charge in [-0.25, -0.2) is 0 Å². The highest BCUT2D eigenvalue weighted by atomic mass is 35.5. The number of nitrogens with zero attached hydrogens (tertiary/aromatic N) is 2. The first-order valence-electron chi connectivity index (χ1n) is 7.88. The molecule has 21 heavy (non-hydrogen) atoms. The number of fused-ring (bicyclic) bond motifs is 5. The van der Waals surface area contributed by atoms with E-state index in [2.05, 4.69) is 50.3 Å². The Morgan fingerprint density at radius 2 is 1.81 bits per heavy atom. The van der Waals surface area contributed by atoms with Crippen molar-refractivity contribution in [1.29, 1.82) is 0 Å². The Morgan fingerprint density at radius 1 is 1.10 bits per heavy atom. The molecule has 4 atom stereocenters. The molecule has 4 rings (SSSR count). The van der Waals surface area contributed by atoms with Gasteiger partial charge in [0.05, 0.1) is 0 Å².